The molecule has 5 nitrogen and oxygen atoms in total. The smallest absolute Gasteiger partial charge is 0.230 e. The molecule has 0 spiro atoms. The second-order valence-electron chi connectivity index (χ2n) is 4.78. The van der Waals surface area contributed by atoms with Gasteiger partial charge in [-0.1, -0.05) is 46.7 Å². The fraction of sp³-hybridized carbons (Fsp3) is 0.750. The molecule has 5 heteroatoms. The lowest BCUT2D eigenvalue weighted by atomic mass is 9.82. The van der Waals surface area contributed by atoms with Crippen LogP contribution >= 0.6 is 0 Å². The van der Waals surface area contributed by atoms with Crippen molar-refractivity contribution < 1.29 is 9.32 Å². The first-order valence-electron chi connectivity index (χ1n) is 5.91. The highest BCUT2D eigenvalue weighted by Gasteiger charge is 2.26. The quantitative estimate of drug-likeness (QED) is 0.880. The van der Waals surface area contributed by atoms with Gasteiger partial charge in [-0.25, -0.2) is 0 Å². The van der Waals surface area contributed by atoms with Crippen molar-refractivity contribution in [3.8, 4) is 0 Å². The maximum atomic E-state index is 10.6. The number of hydrogen-bond donors (Lipinski definition) is 1. The zero-order valence-electron chi connectivity index (χ0n) is 11.6. The van der Waals surface area contributed by atoms with Gasteiger partial charge in [-0.05, 0) is 5.41 Å². The maximum absolute atomic E-state index is 10.6. The number of aromatic nitrogens is 2. The van der Waals surface area contributed by atoms with Crippen LogP contribution in [0.4, 0.5) is 0 Å². The third-order valence-electron chi connectivity index (χ3n) is 2.49. The van der Waals surface area contributed by atoms with Crippen LogP contribution in [0.5, 0.6) is 0 Å². The zero-order chi connectivity index (χ0) is 13.6. The van der Waals surface area contributed by atoms with E-state index in [0.29, 0.717) is 11.7 Å². The molecule has 0 fully saturated rings. The minimum absolute atomic E-state index is 0.0281. The van der Waals surface area contributed by atoms with Crippen LogP contribution < -0.4 is 5.73 Å². The van der Waals surface area contributed by atoms with E-state index in [1.807, 2.05) is 20.8 Å². The molecule has 1 amide bonds. The molecule has 17 heavy (non-hydrogen) atoms. The van der Waals surface area contributed by atoms with E-state index >= 15 is 0 Å². The topological polar surface area (TPSA) is 82.0 Å². The van der Waals surface area contributed by atoms with Crippen molar-refractivity contribution in [2.45, 2.75) is 53.9 Å². The Hall–Kier alpha value is -1.39. The molecule has 0 aliphatic rings. The Kier molecular flexibility index (Phi) is 5.85. The number of hydrogen-bond acceptors (Lipinski definition) is 4. The molecule has 1 aromatic heterocycles. The Morgan fingerprint density at radius 3 is 2.35 bits per heavy atom. The largest absolute Gasteiger partial charge is 0.369 e. The molecule has 2 N–H and O–H groups in total. The summed E-state index contributed by atoms with van der Waals surface area (Å²) in [5, 5.41) is 3.70. The van der Waals surface area contributed by atoms with Gasteiger partial charge in [0.25, 0.3) is 0 Å². The molecule has 0 saturated carbocycles. The second-order valence-corrected chi connectivity index (χ2v) is 4.78. The van der Waals surface area contributed by atoms with Gasteiger partial charge in [0.1, 0.15) is 0 Å². The van der Waals surface area contributed by atoms with Crippen molar-refractivity contribution in [3.05, 3.63) is 11.7 Å². The Morgan fingerprint density at radius 2 is 1.94 bits per heavy atom. The number of nitrogens with two attached hydrogens (primary N) is 1. The van der Waals surface area contributed by atoms with Crippen LogP contribution in [0.1, 0.15) is 59.2 Å². The van der Waals surface area contributed by atoms with Crippen molar-refractivity contribution in [2.75, 3.05) is 0 Å². The number of amides is 1. The average molecular weight is 241 g/mol. The summed E-state index contributed by atoms with van der Waals surface area (Å²) in [5.74, 6) is 0.602. The molecular formula is C12H23N3O2. The summed E-state index contributed by atoms with van der Waals surface area (Å²) in [6.07, 6.45) is 0.0281. The van der Waals surface area contributed by atoms with Crippen molar-refractivity contribution >= 4 is 5.91 Å². The highest BCUT2D eigenvalue weighted by Crippen LogP contribution is 2.33. The van der Waals surface area contributed by atoms with E-state index in [1.54, 1.807) is 0 Å². The highest BCUT2D eigenvalue weighted by molar-refractivity contribution is 5.75. The van der Waals surface area contributed by atoms with Gasteiger partial charge >= 0.3 is 0 Å². The number of rotatable bonds is 3. The van der Waals surface area contributed by atoms with E-state index in [9.17, 15) is 4.79 Å². The number of carbonyl (C=O) groups excluding carboxylic acids is 1. The van der Waals surface area contributed by atoms with Gasteiger partial charge in [-0.2, -0.15) is 4.98 Å². The highest BCUT2D eigenvalue weighted by atomic mass is 16.5. The van der Waals surface area contributed by atoms with Crippen molar-refractivity contribution in [2.24, 2.45) is 11.1 Å². The Labute approximate surface area is 103 Å². The van der Waals surface area contributed by atoms with Crippen LogP contribution in [-0.4, -0.2) is 16.0 Å². The van der Waals surface area contributed by atoms with E-state index in [0.717, 1.165) is 0 Å². The Morgan fingerprint density at radius 1 is 1.41 bits per heavy atom. The SMILES string of the molecule is CC.CC(c1nc(CC(N)=O)no1)C(C)(C)C. The van der Waals surface area contributed by atoms with Crippen LogP contribution in [0.3, 0.4) is 0 Å². The monoisotopic (exact) mass is 241 g/mol. The second kappa shape index (κ2) is 6.37. The molecular weight excluding hydrogens is 218 g/mol. The normalized spacial score (nSPS) is 12.6. The van der Waals surface area contributed by atoms with E-state index in [-0.39, 0.29) is 17.8 Å². The van der Waals surface area contributed by atoms with Gasteiger partial charge in [0.2, 0.25) is 11.8 Å². The third kappa shape index (κ3) is 4.97. The predicted molar refractivity (Wildman–Crippen MR) is 66.4 cm³/mol. The Bertz CT molecular complexity index is 353. The molecule has 1 aromatic rings. The lowest BCUT2D eigenvalue weighted by Gasteiger charge is -2.23. The molecule has 0 radical (unpaired) electrons. The molecule has 0 aliphatic carbocycles. The van der Waals surface area contributed by atoms with Crippen LogP contribution in [0.25, 0.3) is 0 Å². The van der Waals surface area contributed by atoms with Crippen LogP contribution in [0, 0.1) is 5.41 Å². The van der Waals surface area contributed by atoms with E-state index < -0.39 is 5.91 Å². The summed E-state index contributed by atoms with van der Waals surface area (Å²) in [6, 6.07) is 0. The van der Waals surface area contributed by atoms with E-state index in [1.165, 1.54) is 0 Å². The van der Waals surface area contributed by atoms with Gasteiger partial charge in [0.05, 0.1) is 6.42 Å². The molecule has 98 valence electrons. The van der Waals surface area contributed by atoms with Gasteiger partial charge in [0, 0.05) is 5.92 Å². The minimum atomic E-state index is -0.453. The lowest BCUT2D eigenvalue weighted by Crippen LogP contribution is -2.16. The van der Waals surface area contributed by atoms with Crippen molar-refractivity contribution in [3.63, 3.8) is 0 Å². The first kappa shape index (κ1) is 15.6. The summed E-state index contributed by atoms with van der Waals surface area (Å²) in [6.45, 7) is 12.3. The van der Waals surface area contributed by atoms with E-state index in [4.69, 9.17) is 10.3 Å². The molecule has 0 aliphatic heterocycles. The fourth-order valence-electron chi connectivity index (χ4n) is 1.04. The van der Waals surface area contributed by atoms with Gasteiger partial charge in [-0.3, -0.25) is 4.79 Å². The first-order chi connectivity index (χ1) is 7.80. The number of primary amides is 1. The Balaban J connectivity index is 0.00000121. The summed E-state index contributed by atoms with van der Waals surface area (Å²) < 4.78 is 5.08. The van der Waals surface area contributed by atoms with Gasteiger partial charge in [0.15, 0.2) is 5.82 Å². The molecule has 0 saturated heterocycles. The van der Waals surface area contributed by atoms with Crippen molar-refractivity contribution in [1.29, 1.82) is 0 Å². The fourth-order valence-corrected chi connectivity index (χ4v) is 1.04. The van der Waals surface area contributed by atoms with Gasteiger partial charge in [-0.15, -0.1) is 0 Å². The van der Waals surface area contributed by atoms with Gasteiger partial charge < -0.3 is 10.3 Å². The lowest BCUT2D eigenvalue weighted by molar-refractivity contribution is -0.117. The molecule has 1 unspecified atom stereocenters. The average Bonchev–Trinajstić information content (AvgIpc) is 2.65. The van der Waals surface area contributed by atoms with Crippen LogP contribution in [0.2, 0.25) is 0 Å². The molecule has 0 bridgehead atoms. The minimum Gasteiger partial charge on any atom is -0.369 e. The summed E-state index contributed by atoms with van der Waals surface area (Å²) in [7, 11) is 0. The molecule has 1 rings (SSSR count). The zero-order valence-corrected chi connectivity index (χ0v) is 11.6. The third-order valence-corrected chi connectivity index (χ3v) is 2.49. The van der Waals surface area contributed by atoms with Crippen LogP contribution in [0.15, 0.2) is 4.52 Å². The summed E-state index contributed by atoms with van der Waals surface area (Å²) >= 11 is 0. The molecule has 1 atom stereocenters. The van der Waals surface area contributed by atoms with Crippen LogP contribution in [-0.2, 0) is 11.2 Å². The van der Waals surface area contributed by atoms with Crippen molar-refractivity contribution in [1.82, 2.24) is 10.1 Å². The number of carbonyl (C=O) groups is 1. The standard InChI is InChI=1S/C10H17N3O2.C2H6/c1-6(10(2,3)4)9-12-8(13-15-9)5-7(11)14;1-2/h6H,5H2,1-4H3,(H2,11,14);1-2H3. The summed E-state index contributed by atoms with van der Waals surface area (Å²) in [4.78, 5) is 14.8. The summed E-state index contributed by atoms with van der Waals surface area (Å²) in [5.41, 5.74) is 5.09. The molecule has 0 aromatic carbocycles. The predicted octanol–water partition coefficient (Wildman–Crippen LogP) is 2.27. The first-order valence-corrected chi connectivity index (χ1v) is 5.91. The van der Waals surface area contributed by atoms with E-state index in [2.05, 4.69) is 30.9 Å². The molecule has 1 heterocycles. The number of nitrogens with zero attached hydrogens (tertiary/aromatic N) is 2. The maximum Gasteiger partial charge on any atom is 0.230 e.